The Bertz CT molecular complexity index is 233. The minimum absolute atomic E-state index is 0.140. The van der Waals surface area contributed by atoms with Crippen molar-refractivity contribution in [3.05, 3.63) is 30.1 Å². The minimum Gasteiger partial charge on any atom is -0.375 e. The van der Waals surface area contributed by atoms with Crippen LogP contribution in [0.15, 0.2) is 24.4 Å². The number of nitrogens with zero attached hydrogens (tertiary/aromatic N) is 1. The number of aromatic nitrogens is 1. The van der Waals surface area contributed by atoms with Gasteiger partial charge < -0.3 is 4.74 Å². The van der Waals surface area contributed by atoms with Crippen molar-refractivity contribution in [2.24, 2.45) is 5.92 Å². The molecule has 0 aliphatic rings. The van der Waals surface area contributed by atoms with Crippen LogP contribution in [0.25, 0.3) is 0 Å². The fraction of sp³-hybridized carbons (Fsp3) is 0.545. The Morgan fingerprint density at radius 2 is 2.15 bits per heavy atom. The lowest BCUT2D eigenvalue weighted by atomic mass is 10.0. The lowest BCUT2D eigenvalue weighted by Gasteiger charge is -2.16. The van der Waals surface area contributed by atoms with Crippen LogP contribution in [-0.4, -0.2) is 12.1 Å². The topological polar surface area (TPSA) is 22.1 Å². The molecule has 0 saturated carbocycles. The van der Waals surface area contributed by atoms with E-state index in [9.17, 15) is 0 Å². The van der Waals surface area contributed by atoms with E-state index in [4.69, 9.17) is 4.74 Å². The molecule has 1 heterocycles. The van der Waals surface area contributed by atoms with Crippen LogP contribution in [0.5, 0.6) is 0 Å². The maximum atomic E-state index is 5.38. The van der Waals surface area contributed by atoms with E-state index in [2.05, 4.69) is 18.8 Å². The van der Waals surface area contributed by atoms with Gasteiger partial charge in [-0.15, -0.1) is 0 Å². The first kappa shape index (κ1) is 10.2. The summed E-state index contributed by atoms with van der Waals surface area (Å²) >= 11 is 0. The van der Waals surface area contributed by atoms with Gasteiger partial charge in [0.25, 0.3) is 0 Å². The van der Waals surface area contributed by atoms with Gasteiger partial charge in [0.1, 0.15) is 0 Å². The second-order valence-electron chi connectivity index (χ2n) is 3.61. The highest BCUT2D eigenvalue weighted by Crippen LogP contribution is 2.21. The van der Waals surface area contributed by atoms with Crippen molar-refractivity contribution in [1.29, 1.82) is 0 Å². The molecule has 0 aliphatic carbocycles. The minimum atomic E-state index is 0.140. The first-order valence-corrected chi connectivity index (χ1v) is 4.67. The fourth-order valence-electron chi connectivity index (χ4n) is 1.33. The second-order valence-corrected chi connectivity index (χ2v) is 3.61. The molecule has 2 nitrogen and oxygen atoms in total. The van der Waals surface area contributed by atoms with Gasteiger partial charge in [-0.3, -0.25) is 4.98 Å². The average molecular weight is 179 g/mol. The number of rotatable bonds is 4. The van der Waals surface area contributed by atoms with Crippen LogP contribution in [0.2, 0.25) is 0 Å². The molecule has 1 unspecified atom stereocenters. The molecule has 0 saturated heterocycles. The SMILES string of the molecule is COC(CC(C)C)c1ccccn1. The summed E-state index contributed by atoms with van der Waals surface area (Å²) in [4.78, 5) is 4.28. The van der Waals surface area contributed by atoms with Gasteiger partial charge in [-0.25, -0.2) is 0 Å². The summed E-state index contributed by atoms with van der Waals surface area (Å²) in [6.07, 6.45) is 2.97. The number of hydrogen-bond acceptors (Lipinski definition) is 2. The third kappa shape index (κ3) is 3.15. The first-order chi connectivity index (χ1) is 6.24. The van der Waals surface area contributed by atoms with Gasteiger partial charge in [-0.05, 0) is 24.5 Å². The Balaban J connectivity index is 2.67. The number of ether oxygens (including phenoxy) is 1. The van der Waals surface area contributed by atoms with Crippen molar-refractivity contribution >= 4 is 0 Å². The molecular weight excluding hydrogens is 162 g/mol. The van der Waals surface area contributed by atoms with Gasteiger partial charge in [0.05, 0.1) is 11.8 Å². The summed E-state index contributed by atoms with van der Waals surface area (Å²) in [5.74, 6) is 0.631. The van der Waals surface area contributed by atoms with Crippen molar-refractivity contribution < 1.29 is 4.74 Å². The summed E-state index contributed by atoms with van der Waals surface area (Å²) < 4.78 is 5.38. The molecule has 0 aromatic carbocycles. The molecule has 0 aliphatic heterocycles. The lowest BCUT2D eigenvalue weighted by molar-refractivity contribution is 0.0811. The Kier molecular flexibility index (Phi) is 3.90. The van der Waals surface area contributed by atoms with Gasteiger partial charge in [0.15, 0.2) is 0 Å². The van der Waals surface area contributed by atoms with Crippen molar-refractivity contribution in [3.8, 4) is 0 Å². The number of pyridine rings is 1. The molecule has 0 radical (unpaired) electrons. The Morgan fingerprint density at radius 1 is 1.38 bits per heavy atom. The monoisotopic (exact) mass is 179 g/mol. The van der Waals surface area contributed by atoms with Gasteiger partial charge in [0, 0.05) is 13.3 Å². The summed E-state index contributed by atoms with van der Waals surface area (Å²) in [7, 11) is 1.74. The maximum absolute atomic E-state index is 5.38. The smallest absolute Gasteiger partial charge is 0.0993 e. The largest absolute Gasteiger partial charge is 0.375 e. The van der Waals surface area contributed by atoms with Crippen LogP contribution in [-0.2, 0) is 4.74 Å². The van der Waals surface area contributed by atoms with Crippen molar-refractivity contribution in [2.45, 2.75) is 26.4 Å². The van der Waals surface area contributed by atoms with E-state index < -0.39 is 0 Å². The van der Waals surface area contributed by atoms with Crippen molar-refractivity contribution in [1.82, 2.24) is 4.98 Å². The summed E-state index contributed by atoms with van der Waals surface area (Å²) in [6.45, 7) is 4.38. The van der Waals surface area contributed by atoms with Gasteiger partial charge >= 0.3 is 0 Å². The van der Waals surface area contributed by atoms with Crippen LogP contribution in [0.3, 0.4) is 0 Å². The highest BCUT2D eigenvalue weighted by Gasteiger charge is 2.12. The molecule has 0 spiro atoms. The molecule has 1 rings (SSSR count). The number of hydrogen-bond donors (Lipinski definition) is 0. The predicted octanol–water partition coefficient (Wildman–Crippen LogP) is 2.82. The standard InChI is InChI=1S/C11H17NO/c1-9(2)8-11(13-3)10-6-4-5-7-12-10/h4-7,9,11H,8H2,1-3H3. The predicted molar refractivity (Wildman–Crippen MR) is 53.4 cm³/mol. The fourth-order valence-corrected chi connectivity index (χ4v) is 1.33. The van der Waals surface area contributed by atoms with Crippen LogP contribution in [0.1, 0.15) is 32.1 Å². The van der Waals surface area contributed by atoms with Crippen LogP contribution >= 0.6 is 0 Å². The van der Waals surface area contributed by atoms with E-state index in [1.807, 2.05) is 24.4 Å². The highest BCUT2D eigenvalue weighted by atomic mass is 16.5. The summed E-state index contributed by atoms with van der Waals surface area (Å²) in [5.41, 5.74) is 1.03. The summed E-state index contributed by atoms with van der Waals surface area (Å²) in [5, 5.41) is 0. The Labute approximate surface area is 80.0 Å². The van der Waals surface area contributed by atoms with E-state index in [0.29, 0.717) is 5.92 Å². The zero-order valence-corrected chi connectivity index (χ0v) is 8.53. The highest BCUT2D eigenvalue weighted by molar-refractivity contribution is 5.06. The van der Waals surface area contributed by atoms with Crippen LogP contribution in [0.4, 0.5) is 0 Å². The van der Waals surface area contributed by atoms with E-state index >= 15 is 0 Å². The Hall–Kier alpha value is -0.890. The van der Waals surface area contributed by atoms with Gasteiger partial charge in [-0.2, -0.15) is 0 Å². The third-order valence-corrected chi connectivity index (χ3v) is 1.99. The molecule has 1 aromatic heterocycles. The molecule has 1 aromatic rings. The average Bonchev–Trinajstić information content (AvgIpc) is 2.15. The van der Waals surface area contributed by atoms with Crippen LogP contribution in [0, 0.1) is 5.92 Å². The van der Waals surface area contributed by atoms with Crippen molar-refractivity contribution in [2.75, 3.05) is 7.11 Å². The van der Waals surface area contributed by atoms with E-state index in [-0.39, 0.29) is 6.10 Å². The van der Waals surface area contributed by atoms with Gasteiger partial charge in [0.2, 0.25) is 0 Å². The molecular formula is C11H17NO. The summed E-state index contributed by atoms with van der Waals surface area (Å²) in [6, 6.07) is 5.93. The molecule has 0 N–H and O–H groups in total. The van der Waals surface area contributed by atoms with Crippen molar-refractivity contribution in [3.63, 3.8) is 0 Å². The van der Waals surface area contributed by atoms with E-state index in [0.717, 1.165) is 12.1 Å². The molecule has 0 amide bonds. The first-order valence-electron chi connectivity index (χ1n) is 4.67. The second kappa shape index (κ2) is 4.97. The van der Waals surface area contributed by atoms with E-state index in [1.165, 1.54) is 0 Å². The number of methoxy groups -OCH3 is 1. The van der Waals surface area contributed by atoms with Gasteiger partial charge in [-0.1, -0.05) is 19.9 Å². The molecule has 1 atom stereocenters. The molecule has 72 valence electrons. The Morgan fingerprint density at radius 3 is 2.62 bits per heavy atom. The molecule has 0 bridgehead atoms. The normalized spacial score (nSPS) is 13.2. The zero-order chi connectivity index (χ0) is 9.68. The molecule has 0 fully saturated rings. The van der Waals surface area contributed by atoms with E-state index in [1.54, 1.807) is 7.11 Å². The van der Waals surface area contributed by atoms with Crippen LogP contribution < -0.4 is 0 Å². The molecule has 13 heavy (non-hydrogen) atoms. The zero-order valence-electron chi connectivity index (χ0n) is 8.53. The lowest BCUT2D eigenvalue weighted by Crippen LogP contribution is -2.06. The third-order valence-electron chi connectivity index (χ3n) is 1.99. The quantitative estimate of drug-likeness (QED) is 0.709. The maximum Gasteiger partial charge on any atom is 0.0993 e. The molecule has 2 heteroatoms.